The van der Waals surface area contributed by atoms with Gasteiger partial charge >= 0.3 is 0 Å². The van der Waals surface area contributed by atoms with E-state index in [2.05, 4.69) is 29.1 Å². The summed E-state index contributed by atoms with van der Waals surface area (Å²) in [6.07, 6.45) is 5.28. The second-order valence-electron chi connectivity index (χ2n) is 13.1. The molecule has 2 saturated heterocycles. The van der Waals surface area contributed by atoms with Crippen LogP contribution in [0, 0.1) is 11.6 Å². The van der Waals surface area contributed by atoms with Crippen LogP contribution in [0.5, 0.6) is 5.75 Å². The number of halogens is 2. The van der Waals surface area contributed by atoms with Gasteiger partial charge in [-0.25, -0.2) is 8.78 Å². The number of nitrogens with one attached hydrogen (secondary N) is 1. The highest BCUT2D eigenvalue weighted by atomic mass is 19.1. The maximum absolute atomic E-state index is 15.9. The predicted molar refractivity (Wildman–Crippen MR) is 179 cm³/mol. The van der Waals surface area contributed by atoms with Crippen molar-refractivity contribution in [2.45, 2.75) is 45.3 Å². The summed E-state index contributed by atoms with van der Waals surface area (Å²) in [6, 6.07) is 4.83. The van der Waals surface area contributed by atoms with Gasteiger partial charge in [0.05, 0.1) is 29.6 Å². The van der Waals surface area contributed by atoms with Crippen molar-refractivity contribution < 1.29 is 18.3 Å². The number of carbonyl (C=O) groups is 1. The third-order valence-electron chi connectivity index (χ3n) is 9.91. The lowest BCUT2D eigenvalue weighted by atomic mass is 9.92. The largest absolute Gasteiger partial charge is 0.492 e. The number of carbonyl (C=O) groups excluding carboxylic acids is 1. The van der Waals surface area contributed by atoms with Crippen molar-refractivity contribution in [3.05, 3.63) is 63.0 Å². The number of fused-ring (bicyclic) bond motifs is 2. The lowest BCUT2D eigenvalue weighted by molar-refractivity contribution is 0.103. The number of hydrogen-bond donors (Lipinski definition) is 1. The van der Waals surface area contributed by atoms with Gasteiger partial charge in [0.2, 0.25) is 0 Å². The van der Waals surface area contributed by atoms with E-state index < -0.39 is 11.6 Å². The summed E-state index contributed by atoms with van der Waals surface area (Å²) in [5, 5.41) is 3.67. The Morgan fingerprint density at radius 2 is 1.76 bits per heavy atom. The Bertz CT molecular complexity index is 1790. The Morgan fingerprint density at radius 1 is 1.00 bits per heavy atom. The molecule has 9 nitrogen and oxygen atoms in total. The van der Waals surface area contributed by atoms with Gasteiger partial charge in [-0.1, -0.05) is 0 Å². The fourth-order valence-electron chi connectivity index (χ4n) is 7.27. The summed E-state index contributed by atoms with van der Waals surface area (Å²) in [7, 11) is 3.58. The molecule has 0 radical (unpaired) electrons. The van der Waals surface area contributed by atoms with Crippen LogP contribution in [0.15, 0.2) is 34.8 Å². The summed E-state index contributed by atoms with van der Waals surface area (Å²) in [4.78, 5) is 36.3. The van der Waals surface area contributed by atoms with Crippen LogP contribution in [0.25, 0.3) is 17.0 Å². The number of benzene rings is 2. The molecule has 4 heterocycles. The zero-order chi connectivity index (χ0) is 32.3. The lowest BCUT2D eigenvalue weighted by Crippen LogP contribution is -2.49. The zero-order valence-electron chi connectivity index (χ0n) is 27.0. The van der Waals surface area contributed by atoms with Crippen LogP contribution in [0.1, 0.15) is 42.6 Å². The number of anilines is 3. The van der Waals surface area contributed by atoms with Crippen molar-refractivity contribution in [1.82, 2.24) is 14.8 Å². The number of nitrogens with zero attached hydrogens (tertiary/aromatic N) is 5. The number of aromatic nitrogens is 1. The van der Waals surface area contributed by atoms with Crippen molar-refractivity contribution in [2.75, 3.05) is 81.2 Å². The summed E-state index contributed by atoms with van der Waals surface area (Å²) in [5.41, 5.74) is 2.78. The molecule has 3 aliphatic heterocycles. The van der Waals surface area contributed by atoms with Crippen molar-refractivity contribution in [3.8, 4) is 5.75 Å². The van der Waals surface area contributed by atoms with E-state index in [1.54, 1.807) is 18.3 Å². The first kappa shape index (κ1) is 30.7. The number of Topliss-reactive ketones (excluding diaryl/α,β-unsaturated/α-hetero) is 1. The van der Waals surface area contributed by atoms with Crippen molar-refractivity contribution in [3.63, 3.8) is 0 Å². The Morgan fingerprint density at radius 3 is 2.43 bits per heavy atom. The molecule has 3 aromatic rings. The minimum absolute atomic E-state index is 0.186. The Kier molecular flexibility index (Phi) is 8.01. The first-order chi connectivity index (χ1) is 22.2. The minimum Gasteiger partial charge on any atom is -0.492 e. The first-order valence-electron chi connectivity index (χ1n) is 16.4. The highest BCUT2D eigenvalue weighted by molar-refractivity contribution is 6.18. The molecule has 11 heteroatoms. The van der Waals surface area contributed by atoms with Gasteiger partial charge in [-0.2, -0.15) is 0 Å². The molecule has 1 unspecified atom stereocenters. The number of ether oxygens (including phenoxy) is 1. The standard InChI is InChI=1S/C35H42F2N6O3/c1-5-40-19-22(33(44)25-15-27(36)30(17-29(25)40)41-12-10-39(3)11-13-41)14-23-20-43(24-6-7-24)31-26(34(23)45)16-28(37)32(35(31)46-4)42-9-8-38-21(2)18-42/h14-17,19,21,24,38H,5-13,18,20H2,1-4H3/b23-14+. The first-order valence-corrected chi connectivity index (χ1v) is 16.4. The van der Waals surface area contributed by atoms with E-state index in [-0.39, 0.29) is 40.8 Å². The predicted octanol–water partition coefficient (Wildman–Crippen LogP) is 4.11. The van der Waals surface area contributed by atoms with Gasteiger partial charge in [0.25, 0.3) is 0 Å². The molecule has 1 aromatic heterocycles. The number of ketones is 1. The van der Waals surface area contributed by atoms with Crippen LogP contribution in [-0.2, 0) is 6.54 Å². The molecule has 2 aromatic carbocycles. The minimum atomic E-state index is -0.499. The van der Waals surface area contributed by atoms with Gasteiger partial charge in [-0.3, -0.25) is 9.59 Å². The quantitative estimate of drug-likeness (QED) is 0.408. The maximum atomic E-state index is 15.9. The molecular formula is C35H42F2N6O3. The van der Waals surface area contributed by atoms with Crippen molar-refractivity contribution in [1.29, 1.82) is 0 Å². The highest BCUT2D eigenvalue weighted by Crippen LogP contribution is 2.49. The number of aryl methyl sites for hydroxylation is 1. The van der Waals surface area contributed by atoms with E-state index in [0.717, 1.165) is 32.5 Å². The molecule has 46 heavy (non-hydrogen) atoms. The fourth-order valence-corrected chi connectivity index (χ4v) is 7.27. The number of rotatable bonds is 6. The summed E-state index contributed by atoms with van der Waals surface area (Å²) < 4.78 is 39.3. The third kappa shape index (κ3) is 5.33. The molecule has 0 spiro atoms. The molecule has 0 amide bonds. The molecule has 1 atom stereocenters. The third-order valence-corrected chi connectivity index (χ3v) is 9.91. The van der Waals surface area contributed by atoms with E-state index in [0.29, 0.717) is 72.2 Å². The number of likely N-dealkylation sites (N-methyl/N-ethyl adjacent to an activating group) is 1. The molecule has 4 aliphatic rings. The average Bonchev–Trinajstić information content (AvgIpc) is 3.89. The van der Waals surface area contributed by atoms with Gasteiger partial charge in [0.1, 0.15) is 11.5 Å². The summed E-state index contributed by atoms with van der Waals surface area (Å²) in [5.74, 6) is -0.875. The topological polar surface area (TPSA) is 73.3 Å². The van der Waals surface area contributed by atoms with E-state index in [4.69, 9.17) is 4.74 Å². The van der Waals surface area contributed by atoms with Crippen LogP contribution in [0.4, 0.5) is 25.8 Å². The summed E-state index contributed by atoms with van der Waals surface area (Å²) in [6.45, 7) is 9.94. The molecule has 7 rings (SSSR count). The van der Waals surface area contributed by atoms with Crippen molar-refractivity contribution in [2.24, 2.45) is 0 Å². The number of pyridine rings is 1. The Labute approximate surface area is 268 Å². The SMILES string of the molecule is CCn1cc(/C=C2\CN(C3CC3)c3c(cc(F)c(N4CCNC(C)C4)c3OC)C2=O)c(=O)c2cc(F)c(N3CCN(C)CC3)cc21. The Balaban J connectivity index is 1.31. The number of piperazine rings is 2. The van der Waals surface area contributed by atoms with E-state index >= 15 is 8.78 Å². The lowest BCUT2D eigenvalue weighted by Gasteiger charge is -2.38. The smallest absolute Gasteiger partial charge is 0.196 e. The second-order valence-corrected chi connectivity index (χ2v) is 13.1. The maximum Gasteiger partial charge on any atom is 0.196 e. The van der Waals surface area contributed by atoms with E-state index in [1.807, 2.05) is 21.3 Å². The Hall–Kier alpha value is -3.96. The van der Waals surface area contributed by atoms with Crippen LogP contribution in [0.2, 0.25) is 0 Å². The van der Waals surface area contributed by atoms with E-state index in [1.165, 1.54) is 19.2 Å². The average molecular weight is 633 g/mol. The van der Waals surface area contributed by atoms with Gasteiger partial charge in [0, 0.05) is 93.7 Å². The summed E-state index contributed by atoms with van der Waals surface area (Å²) >= 11 is 0. The molecule has 1 aliphatic carbocycles. The van der Waals surface area contributed by atoms with Crippen LogP contribution in [-0.4, -0.2) is 93.8 Å². The van der Waals surface area contributed by atoms with Crippen LogP contribution < -0.4 is 30.2 Å². The molecule has 1 saturated carbocycles. The molecule has 244 valence electrons. The molecule has 0 bridgehead atoms. The van der Waals surface area contributed by atoms with Gasteiger partial charge < -0.3 is 34.2 Å². The van der Waals surface area contributed by atoms with Gasteiger partial charge in [-0.15, -0.1) is 0 Å². The molecule has 3 fully saturated rings. The second kappa shape index (κ2) is 12.0. The van der Waals surface area contributed by atoms with Gasteiger partial charge in [0.15, 0.2) is 22.8 Å². The van der Waals surface area contributed by atoms with Crippen LogP contribution in [0.3, 0.4) is 0 Å². The number of methoxy groups -OCH3 is 1. The molecule has 1 N–H and O–H groups in total. The number of hydrogen-bond acceptors (Lipinski definition) is 8. The zero-order valence-corrected chi connectivity index (χ0v) is 27.0. The van der Waals surface area contributed by atoms with Crippen LogP contribution >= 0.6 is 0 Å². The molecular weight excluding hydrogens is 590 g/mol. The monoisotopic (exact) mass is 632 g/mol. The van der Waals surface area contributed by atoms with E-state index in [9.17, 15) is 9.59 Å². The van der Waals surface area contributed by atoms with Crippen molar-refractivity contribution >= 4 is 39.8 Å². The highest BCUT2D eigenvalue weighted by Gasteiger charge is 2.41. The fraction of sp³-hybridized carbons (Fsp3) is 0.486. The van der Waals surface area contributed by atoms with Gasteiger partial charge in [-0.05, 0) is 58.0 Å². The normalized spacial score (nSPS) is 21.8.